The van der Waals surface area contributed by atoms with Gasteiger partial charge in [0.05, 0.1) is 19.7 Å². The van der Waals surface area contributed by atoms with E-state index >= 15 is 0 Å². The first-order valence-electron chi connectivity index (χ1n) is 11.3. The van der Waals surface area contributed by atoms with Crippen molar-refractivity contribution in [3.63, 3.8) is 0 Å². The van der Waals surface area contributed by atoms with Crippen LogP contribution in [0.3, 0.4) is 0 Å². The molecule has 0 fully saturated rings. The van der Waals surface area contributed by atoms with E-state index in [-0.39, 0.29) is 12.5 Å². The highest BCUT2D eigenvalue weighted by Gasteiger charge is 2.19. The van der Waals surface area contributed by atoms with E-state index in [0.717, 1.165) is 10.1 Å². The van der Waals surface area contributed by atoms with Crippen LogP contribution in [0, 0.1) is 0 Å². The molecule has 1 N–H and O–H groups in total. The van der Waals surface area contributed by atoms with Crippen LogP contribution in [0.5, 0.6) is 11.5 Å². The SMILES string of the molecule is CCN(CC)C(=O)Cn1c(=O)n(CC(=O)NCCc2ccc(OC)c(OC)c2)c(=O)c2sccc21. The van der Waals surface area contributed by atoms with Gasteiger partial charge >= 0.3 is 5.69 Å². The van der Waals surface area contributed by atoms with Gasteiger partial charge in [0.15, 0.2) is 11.5 Å². The lowest BCUT2D eigenvalue weighted by molar-refractivity contribution is -0.131. The highest BCUT2D eigenvalue weighted by molar-refractivity contribution is 7.17. The second kappa shape index (κ2) is 11.7. The van der Waals surface area contributed by atoms with E-state index in [0.29, 0.717) is 47.8 Å². The molecule has 0 unspecified atom stereocenters. The number of methoxy groups -OCH3 is 2. The van der Waals surface area contributed by atoms with Crippen molar-refractivity contribution in [2.24, 2.45) is 0 Å². The molecule has 0 spiro atoms. The van der Waals surface area contributed by atoms with Crippen molar-refractivity contribution in [2.75, 3.05) is 33.9 Å². The summed E-state index contributed by atoms with van der Waals surface area (Å²) in [5.41, 5.74) is 0.103. The zero-order valence-electron chi connectivity index (χ0n) is 20.3. The maximum atomic E-state index is 13.2. The Bertz CT molecular complexity index is 1320. The minimum Gasteiger partial charge on any atom is -0.493 e. The summed E-state index contributed by atoms with van der Waals surface area (Å²) < 4.78 is 13.0. The first kappa shape index (κ1) is 26.0. The van der Waals surface area contributed by atoms with Crippen LogP contribution in [0.2, 0.25) is 0 Å². The highest BCUT2D eigenvalue weighted by Crippen LogP contribution is 2.27. The molecule has 2 amide bonds. The average molecular weight is 503 g/mol. The van der Waals surface area contributed by atoms with Crippen LogP contribution < -0.4 is 26.0 Å². The normalized spacial score (nSPS) is 10.9. The van der Waals surface area contributed by atoms with Crippen molar-refractivity contribution in [3.05, 3.63) is 56.0 Å². The molecule has 0 aliphatic heterocycles. The number of thiophene rings is 1. The molecule has 0 saturated carbocycles. The number of hydrogen-bond donors (Lipinski definition) is 1. The number of amides is 2. The lowest BCUT2D eigenvalue weighted by Gasteiger charge is -2.20. The molecule has 0 saturated heterocycles. The van der Waals surface area contributed by atoms with E-state index in [1.54, 1.807) is 36.6 Å². The van der Waals surface area contributed by atoms with Crippen LogP contribution in [0.15, 0.2) is 39.2 Å². The Hall–Kier alpha value is -3.60. The van der Waals surface area contributed by atoms with Crippen molar-refractivity contribution >= 4 is 33.4 Å². The topological polar surface area (TPSA) is 112 Å². The number of nitrogens with one attached hydrogen (secondary N) is 1. The predicted molar refractivity (Wildman–Crippen MR) is 135 cm³/mol. The Balaban J connectivity index is 1.76. The largest absolute Gasteiger partial charge is 0.493 e. The van der Waals surface area contributed by atoms with E-state index < -0.39 is 23.7 Å². The summed E-state index contributed by atoms with van der Waals surface area (Å²) in [5.74, 6) is 0.502. The molecule has 35 heavy (non-hydrogen) atoms. The minimum atomic E-state index is -0.684. The third kappa shape index (κ3) is 5.73. The number of likely N-dealkylation sites (N-methyl/N-ethyl adjacent to an activating group) is 1. The zero-order chi connectivity index (χ0) is 25.5. The van der Waals surface area contributed by atoms with Gasteiger partial charge in [-0.15, -0.1) is 11.3 Å². The molecule has 2 aromatic heterocycles. The number of aromatic nitrogens is 2. The van der Waals surface area contributed by atoms with Gasteiger partial charge in [0, 0.05) is 19.6 Å². The van der Waals surface area contributed by atoms with Gasteiger partial charge in [-0.2, -0.15) is 0 Å². The zero-order valence-corrected chi connectivity index (χ0v) is 21.1. The fourth-order valence-electron chi connectivity index (χ4n) is 3.82. The quantitative estimate of drug-likeness (QED) is 0.425. The van der Waals surface area contributed by atoms with Gasteiger partial charge in [0.1, 0.15) is 17.8 Å². The van der Waals surface area contributed by atoms with Gasteiger partial charge < -0.3 is 19.7 Å². The molecule has 0 aliphatic carbocycles. The molecule has 0 atom stereocenters. The van der Waals surface area contributed by atoms with Crippen molar-refractivity contribution in [1.29, 1.82) is 0 Å². The van der Waals surface area contributed by atoms with Crippen LogP contribution in [-0.4, -0.2) is 59.7 Å². The lowest BCUT2D eigenvalue weighted by atomic mass is 10.1. The lowest BCUT2D eigenvalue weighted by Crippen LogP contribution is -2.45. The van der Waals surface area contributed by atoms with Crippen molar-refractivity contribution in [1.82, 2.24) is 19.4 Å². The maximum Gasteiger partial charge on any atom is 0.332 e. The Kier molecular flexibility index (Phi) is 8.69. The van der Waals surface area contributed by atoms with Crippen molar-refractivity contribution < 1.29 is 19.1 Å². The summed E-state index contributed by atoms with van der Waals surface area (Å²) in [5, 5.41) is 4.44. The van der Waals surface area contributed by atoms with Crippen molar-refractivity contribution in [2.45, 2.75) is 33.4 Å². The van der Waals surface area contributed by atoms with Gasteiger partial charge in [-0.3, -0.25) is 19.0 Å². The Morgan fingerprint density at radius 1 is 1.00 bits per heavy atom. The second-order valence-corrected chi connectivity index (χ2v) is 8.67. The van der Waals surface area contributed by atoms with Crippen LogP contribution >= 0.6 is 11.3 Å². The summed E-state index contributed by atoms with van der Waals surface area (Å²) in [6.45, 7) is 4.41. The van der Waals surface area contributed by atoms with Gasteiger partial charge in [-0.25, -0.2) is 9.36 Å². The van der Waals surface area contributed by atoms with Gasteiger partial charge in [-0.1, -0.05) is 6.07 Å². The molecule has 2 heterocycles. The molecular weight excluding hydrogens is 472 g/mol. The molecule has 3 aromatic rings. The number of ether oxygens (including phenoxy) is 2. The number of carbonyl (C=O) groups is 2. The molecule has 10 nitrogen and oxygen atoms in total. The maximum absolute atomic E-state index is 13.2. The summed E-state index contributed by atoms with van der Waals surface area (Å²) in [6, 6.07) is 7.12. The molecule has 11 heteroatoms. The number of rotatable bonds is 11. The van der Waals surface area contributed by atoms with Crippen LogP contribution in [0.25, 0.3) is 10.2 Å². The highest BCUT2D eigenvalue weighted by atomic mass is 32.1. The third-order valence-electron chi connectivity index (χ3n) is 5.73. The summed E-state index contributed by atoms with van der Waals surface area (Å²) >= 11 is 1.17. The summed E-state index contributed by atoms with van der Waals surface area (Å²) in [6.07, 6.45) is 0.521. The van der Waals surface area contributed by atoms with Gasteiger partial charge in [-0.05, 0) is 49.4 Å². The second-order valence-electron chi connectivity index (χ2n) is 7.75. The number of benzene rings is 1. The number of carbonyl (C=O) groups excluding carboxylic acids is 2. The van der Waals surface area contributed by atoms with Crippen LogP contribution in [0.4, 0.5) is 0 Å². The minimum absolute atomic E-state index is 0.199. The molecule has 0 aliphatic rings. The average Bonchev–Trinajstić information content (AvgIpc) is 3.35. The van der Waals surface area contributed by atoms with E-state index in [1.165, 1.54) is 15.9 Å². The first-order chi connectivity index (χ1) is 16.8. The van der Waals surface area contributed by atoms with Crippen molar-refractivity contribution in [3.8, 4) is 11.5 Å². The predicted octanol–water partition coefficient (Wildman–Crippen LogP) is 1.47. The van der Waals surface area contributed by atoms with Gasteiger partial charge in [0.2, 0.25) is 11.8 Å². The smallest absolute Gasteiger partial charge is 0.332 e. The van der Waals surface area contributed by atoms with Crippen LogP contribution in [0.1, 0.15) is 19.4 Å². The Morgan fingerprint density at radius 3 is 2.37 bits per heavy atom. The third-order valence-corrected chi connectivity index (χ3v) is 6.62. The number of nitrogens with zero attached hydrogens (tertiary/aromatic N) is 3. The van der Waals surface area contributed by atoms with E-state index in [1.807, 2.05) is 26.0 Å². The monoisotopic (exact) mass is 502 g/mol. The molecule has 1 aromatic carbocycles. The Morgan fingerprint density at radius 2 is 1.71 bits per heavy atom. The van der Waals surface area contributed by atoms with E-state index in [9.17, 15) is 19.2 Å². The Labute approximate surface area is 206 Å². The number of fused-ring (bicyclic) bond motifs is 1. The molecular formula is C24H30N4O6S. The summed E-state index contributed by atoms with van der Waals surface area (Å²) in [7, 11) is 3.11. The molecule has 3 rings (SSSR count). The molecule has 188 valence electrons. The molecule has 0 radical (unpaired) electrons. The van der Waals surface area contributed by atoms with Gasteiger partial charge in [0.25, 0.3) is 5.56 Å². The van der Waals surface area contributed by atoms with E-state index in [2.05, 4.69) is 5.32 Å². The first-order valence-corrected chi connectivity index (χ1v) is 12.2. The summed E-state index contributed by atoms with van der Waals surface area (Å²) in [4.78, 5) is 52.9. The fraction of sp³-hybridized carbons (Fsp3) is 0.417. The molecule has 0 bridgehead atoms. The standard InChI is InChI=1S/C24H30N4O6S/c1-5-26(6-2)21(30)15-27-17-10-12-35-22(17)23(31)28(24(27)32)14-20(29)25-11-9-16-7-8-18(33-3)19(13-16)34-4/h7-8,10,12-13H,5-6,9,11,14-15H2,1-4H3,(H,25,29). The van der Waals surface area contributed by atoms with E-state index in [4.69, 9.17) is 9.47 Å². The fourth-order valence-corrected chi connectivity index (χ4v) is 4.66. The number of hydrogen-bond acceptors (Lipinski definition) is 7. The van der Waals surface area contributed by atoms with Crippen LogP contribution in [-0.2, 0) is 29.1 Å².